The number of benzene rings is 2. The summed E-state index contributed by atoms with van der Waals surface area (Å²) in [6.45, 7) is 3.92. The lowest BCUT2D eigenvalue weighted by Gasteiger charge is -1.95. The fourth-order valence-electron chi connectivity index (χ4n) is 1.24. The summed E-state index contributed by atoms with van der Waals surface area (Å²) < 4.78 is 29.6. The van der Waals surface area contributed by atoms with Gasteiger partial charge in [-0.05, 0) is 26.0 Å². The van der Waals surface area contributed by atoms with Crippen molar-refractivity contribution in [2.24, 2.45) is 0 Å². The molecule has 2 rings (SSSR count). The highest BCUT2D eigenvalue weighted by Crippen LogP contribution is 2.08. The molecule has 0 saturated heterocycles. The van der Waals surface area contributed by atoms with Crippen LogP contribution in [0.3, 0.4) is 0 Å². The van der Waals surface area contributed by atoms with Gasteiger partial charge in [0, 0.05) is 0 Å². The highest BCUT2D eigenvalue weighted by Gasteiger charge is 2.06. The van der Waals surface area contributed by atoms with Crippen LogP contribution in [0.15, 0.2) is 59.5 Å². The molecule has 0 spiro atoms. The van der Waals surface area contributed by atoms with Gasteiger partial charge in [-0.25, -0.2) is 0 Å². The molecule has 0 heterocycles. The summed E-state index contributed by atoms with van der Waals surface area (Å²) in [6.07, 6.45) is 0. The molecule has 0 radical (unpaired) electrons. The summed E-state index contributed by atoms with van der Waals surface area (Å²) in [4.78, 5) is -0.0666. The first-order valence-corrected chi connectivity index (χ1v) is 6.89. The van der Waals surface area contributed by atoms with E-state index >= 15 is 0 Å². The van der Waals surface area contributed by atoms with Crippen molar-refractivity contribution in [1.82, 2.24) is 0 Å². The Kier molecular flexibility index (Phi) is 5.07. The van der Waals surface area contributed by atoms with Crippen LogP contribution in [0.25, 0.3) is 0 Å². The lowest BCUT2D eigenvalue weighted by atomic mass is 10.2. The Morgan fingerprint density at radius 3 is 1.56 bits per heavy atom. The van der Waals surface area contributed by atoms with Gasteiger partial charge in [0.05, 0.1) is 4.90 Å². The smallest absolute Gasteiger partial charge is 0.282 e. The van der Waals surface area contributed by atoms with Crippen LogP contribution in [0.2, 0.25) is 0 Å². The summed E-state index contributed by atoms with van der Waals surface area (Å²) in [5.41, 5.74) is 2.28. The van der Waals surface area contributed by atoms with Crippen LogP contribution < -0.4 is 0 Å². The number of hydrogen-bond acceptors (Lipinski definition) is 2. The van der Waals surface area contributed by atoms with E-state index in [0.717, 1.165) is 5.56 Å². The molecule has 0 aliphatic heterocycles. The summed E-state index contributed by atoms with van der Waals surface area (Å²) in [7, 11) is -4.02. The van der Waals surface area contributed by atoms with Gasteiger partial charge in [0.1, 0.15) is 0 Å². The van der Waals surface area contributed by atoms with Gasteiger partial charge in [-0.2, -0.15) is 8.42 Å². The molecule has 4 heteroatoms. The molecule has 0 unspecified atom stereocenters. The van der Waals surface area contributed by atoms with Gasteiger partial charge < -0.3 is 0 Å². The molecule has 0 fully saturated rings. The van der Waals surface area contributed by atoms with E-state index in [1.54, 1.807) is 12.1 Å². The summed E-state index contributed by atoms with van der Waals surface area (Å²) in [5.74, 6) is 0. The van der Waals surface area contributed by atoms with Crippen LogP contribution in [-0.4, -0.2) is 13.0 Å². The Morgan fingerprint density at radius 1 is 0.778 bits per heavy atom. The van der Waals surface area contributed by atoms with Gasteiger partial charge >= 0.3 is 0 Å². The van der Waals surface area contributed by atoms with Crippen molar-refractivity contribution in [3.63, 3.8) is 0 Å². The molecule has 3 nitrogen and oxygen atoms in total. The van der Waals surface area contributed by atoms with Gasteiger partial charge in [-0.15, -0.1) is 0 Å². The van der Waals surface area contributed by atoms with Crippen LogP contribution in [0.1, 0.15) is 11.1 Å². The Hall–Kier alpha value is -1.65. The zero-order chi connectivity index (χ0) is 13.6. The van der Waals surface area contributed by atoms with Gasteiger partial charge in [-0.3, -0.25) is 4.55 Å². The summed E-state index contributed by atoms with van der Waals surface area (Å²) in [5, 5.41) is 0. The van der Waals surface area contributed by atoms with Gasteiger partial charge in [0.15, 0.2) is 0 Å². The van der Waals surface area contributed by atoms with Crippen LogP contribution >= 0.6 is 0 Å². The maximum absolute atomic E-state index is 10.5. The quantitative estimate of drug-likeness (QED) is 0.804. The monoisotopic (exact) mass is 264 g/mol. The highest BCUT2D eigenvalue weighted by atomic mass is 32.2. The second-order valence-corrected chi connectivity index (χ2v) is 5.36. The van der Waals surface area contributed by atoms with E-state index < -0.39 is 10.1 Å². The lowest BCUT2D eigenvalue weighted by molar-refractivity contribution is 0.483. The summed E-state index contributed by atoms with van der Waals surface area (Å²) >= 11 is 0. The SMILES string of the molecule is Cc1ccc(S(=O)(=O)O)cc1.Cc1ccccc1. The second-order valence-electron chi connectivity index (χ2n) is 3.94. The topological polar surface area (TPSA) is 54.4 Å². The molecular weight excluding hydrogens is 248 g/mol. The van der Waals surface area contributed by atoms with E-state index in [9.17, 15) is 8.42 Å². The Labute approximate surface area is 108 Å². The average Bonchev–Trinajstić information content (AvgIpc) is 2.30. The molecule has 0 amide bonds. The predicted octanol–water partition coefficient (Wildman–Crippen LogP) is 3.24. The molecule has 0 aliphatic rings. The normalized spacial score (nSPS) is 10.4. The van der Waals surface area contributed by atoms with Gasteiger partial charge in [0.25, 0.3) is 10.1 Å². The Balaban J connectivity index is 0.000000199. The van der Waals surface area contributed by atoms with E-state index in [1.165, 1.54) is 17.7 Å². The fraction of sp³-hybridized carbons (Fsp3) is 0.143. The van der Waals surface area contributed by atoms with Crippen molar-refractivity contribution in [2.75, 3.05) is 0 Å². The van der Waals surface area contributed by atoms with Crippen molar-refractivity contribution >= 4 is 10.1 Å². The molecule has 0 bridgehead atoms. The number of rotatable bonds is 1. The van der Waals surface area contributed by atoms with Crippen LogP contribution in [0.4, 0.5) is 0 Å². The Bertz CT molecular complexity index is 572. The van der Waals surface area contributed by atoms with Crippen LogP contribution in [-0.2, 0) is 10.1 Å². The third-order valence-corrected chi connectivity index (χ3v) is 3.13. The van der Waals surface area contributed by atoms with E-state index in [1.807, 2.05) is 25.1 Å². The first-order chi connectivity index (χ1) is 8.39. The van der Waals surface area contributed by atoms with Crippen molar-refractivity contribution in [3.05, 3.63) is 65.7 Å². The standard InChI is InChI=1S/C7H8O3S.C7H8/c1-6-2-4-7(5-3-6)11(8,9)10;1-7-5-3-2-4-6-7/h2-5H,1H3,(H,8,9,10);2-6H,1H3. The molecule has 0 atom stereocenters. The minimum atomic E-state index is -4.02. The number of aryl methyl sites for hydroxylation is 2. The first kappa shape index (κ1) is 14.4. The minimum absolute atomic E-state index is 0.0666. The zero-order valence-corrected chi connectivity index (χ0v) is 11.2. The lowest BCUT2D eigenvalue weighted by Crippen LogP contribution is -1.96. The summed E-state index contributed by atoms with van der Waals surface area (Å²) in [6, 6.07) is 16.2. The molecule has 1 N–H and O–H groups in total. The van der Waals surface area contributed by atoms with Crippen molar-refractivity contribution in [1.29, 1.82) is 0 Å². The van der Waals surface area contributed by atoms with Crippen LogP contribution in [0, 0.1) is 13.8 Å². The third-order valence-electron chi connectivity index (χ3n) is 2.26. The van der Waals surface area contributed by atoms with Crippen LogP contribution in [0.5, 0.6) is 0 Å². The van der Waals surface area contributed by atoms with E-state index in [-0.39, 0.29) is 4.90 Å². The van der Waals surface area contributed by atoms with E-state index in [2.05, 4.69) is 19.1 Å². The maximum Gasteiger partial charge on any atom is 0.294 e. The maximum atomic E-state index is 10.5. The largest absolute Gasteiger partial charge is 0.294 e. The van der Waals surface area contributed by atoms with Crippen molar-refractivity contribution < 1.29 is 13.0 Å². The molecule has 0 aliphatic carbocycles. The molecule has 96 valence electrons. The number of hydrogen-bond donors (Lipinski definition) is 1. The van der Waals surface area contributed by atoms with Crippen molar-refractivity contribution in [3.8, 4) is 0 Å². The fourth-order valence-corrected chi connectivity index (χ4v) is 1.72. The van der Waals surface area contributed by atoms with E-state index in [0.29, 0.717) is 0 Å². The molecular formula is C14H16O3S. The predicted molar refractivity (Wildman–Crippen MR) is 72.2 cm³/mol. The Morgan fingerprint density at radius 2 is 1.22 bits per heavy atom. The third kappa shape index (κ3) is 5.12. The van der Waals surface area contributed by atoms with Crippen molar-refractivity contribution in [2.45, 2.75) is 18.7 Å². The van der Waals surface area contributed by atoms with Gasteiger partial charge in [0.2, 0.25) is 0 Å². The zero-order valence-electron chi connectivity index (χ0n) is 10.4. The second kappa shape index (κ2) is 6.33. The first-order valence-electron chi connectivity index (χ1n) is 5.45. The molecule has 0 saturated carbocycles. The molecule has 2 aromatic rings. The minimum Gasteiger partial charge on any atom is -0.282 e. The average molecular weight is 264 g/mol. The van der Waals surface area contributed by atoms with E-state index in [4.69, 9.17) is 4.55 Å². The highest BCUT2D eigenvalue weighted by molar-refractivity contribution is 7.85. The molecule has 2 aromatic carbocycles. The molecule has 0 aromatic heterocycles. The van der Waals surface area contributed by atoms with Gasteiger partial charge in [-0.1, -0.05) is 53.6 Å². The molecule has 18 heavy (non-hydrogen) atoms.